The molecule has 4 heteroatoms. The van der Waals surface area contributed by atoms with E-state index in [0.717, 1.165) is 24.8 Å². The quantitative estimate of drug-likeness (QED) is 0.771. The molecule has 128 valence electrons. The molecular weight excluding hydrogens is 290 g/mol. The number of carbonyl (C=O) groups excluding carboxylic acids is 1. The van der Waals surface area contributed by atoms with E-state index in [2.05, 4.69) is 26.1 Å². The lowest BCUT2D eigenvalue weighted by atomic mass is 9.75. The maximum absolute atomic E-state index is 12.3. The number of phenols is 1. The van der Waals surface area contributed by atoms with Crippen molar-refractivity contribution >= 4 is 11.8 Å². The zero-order valence-corrected chi connectivity index (χ0v) is 14.6. The molecule has 1 fully saturated rings. The number of hydrogen-bond donors (Lipinski definition) is 2. The number of aryl methyl sites for hydroxylation is 1. The Hall–Kier alpha value is -1.71. The van der Waals surface area contributed by atoms with Gasteiger partial charge in [-0.15, -0.1) is 0 Å². The molecule has 1 saturated carbocycles. The number of aromatic hydroxyl groups is 1. The molecule has 0 bridgehead atoms. The molecule has 4 nitrogen and oxygen atoms in total. The number of benzene rings is 1. The summed E-state index contributed by atoms with van der Waals surface area (Å²) in [5, 5.41) is 12.7. The SMILES string of the molecule is CCc1cccc(O)c1NC(=O)OC1CC(C)CCC1C(C)C. The van der Waals surface area contributed by atoms with Crippen LogP contribution in [0.1, 0.15) is 52.5 Å². The second kappa shape index (κ2) is 7.71. The Morgan fingerprint density at radius 3 is 2.78 bits per heavy atom. The minimum absolute atomic E-state index is 0.0466. The Balaban J connectivity index is 2.06. The first-order chi connectivity index (χ1) is 10.9. The highest BCUT2D eigenvalue weighted by atomic mass is 16.6. The number of para-hydroxylation sites is 1. The van der Waals surface area contributed by atoms with E-state index < -0.39 is 6.09 Å². The van der Waals surface area contributed by atoms with Crippen LogP contribution in [0.25, 0.3) is 0 Å². The fourth-order valence-corrected chi connectivity index (χ4v) is 3.54. The van der Waals surface area contributed by atoms with Crippen molar-refractivity contribution in [1.29, 1.82) is 0 Å². The third-order valence-electron chi connectivity index (χ3n) is 4.96. The lowest BCUT2D eigenvalue weighted by Crippen LogP contribution is -2.37. The third kappa shape index (κ3) is 4.40. The number of anilines is 1. The highest BCUT2D eigenvalue weighted by Crippen LogP contribution is 2.36. The Morgan fingerprint density at radius 1 is 1.39 bits per heavy atom. The number of phenolic OH excluding ortho intramolecular Hbond substituents is 1. The summed E-state index contributed by atoms with van der Waals surface area (Å²) < 4.78 is 5.73. The summed E-state index contributed by atoms with van der Waals surface area (Å²) in [7, 11) is 0. The van der Waals surface area contributed by atoms with Crippen LogP contribution < -0.4 is 5.32 Å². The molecule has 0 heterocycles. The fourth-order valence-electron chi connectivity index (χ4n) is 3.54. The molecule has 1 aliphatic rings. The summed E-state index contributed by atoms with van der Waals surface area (Å²) >= 11 is 0. The zero-order valence-electron chi connectivity index (χ0n) is 14.6. The van der Waals surface area contributed by atoms with Crippen molar-refractivity contribution < 1.29 is 14.6 Å². The first-order valence-electron chi connectivity index (χ1n) is 8.70. The molecule has 0 spiro atoms. The Bertz CT molecular complexity index is 541. The number of nitrogens with one attached hydrogen (secondary N) is 1. The van der Waals surface area contributed by atoms with Gasteiger partial charge < -0.3 is 9.84 Å². The van der Waals surface area contributed by atoms with E-state index in [0.29, 0.717) is 23.4 Å². The monoisotopic (exact) mass is 319 g/mol. The maximum Gasteiger partial charge on any atom is 0.412 e. The van der Waals surface area contributed by atoms with Crippen LogP contribution in [0.2, 0.25) is 0 Å². The molecule has 23 heavy (non-hydrogen) atoms. The summed E-state index contributed by atoms with van der Waals surface area (Å²) in [4.78, 5) is 12.3. The van der Waals surface area contributed by atoms with Gasteiger partial charge in [-0.05, 0) is 48.6 Å². The van der Waals surface area contributed by atoms with Gasteiger partial charge in [0.2, 0.25) is 0 Å². The molecule has 0 aliphatic heterocycles. The van der Waals surface area contributed by atoms with Gasteiger partial charge in [0.1, 0.15) is 11.9 Å². The summed E-state index contributed by atoms with van der Waals surface area (Å²) in [6, 6.07) is 5.26. The standard InChI is InChI=1S/C19H29NO3/c1-5-14-7-6-8-16(21)18(14)20-19(22)23-17-11-13(4)9-10-15(17)12(2)3/h6-8,12-13,15,17,21H,5,9-11H2,1-4H3,(H,20,22). The van der Waals surface area contributed by atoms with E-state index in [1.165, 1.54) is 6.42 Å². The van der Waals surface area contributed by atoms with Crippen LogP contribution in [0, 0.1) is 17.8 Å². The number of amides is 1. The van der Waals surface area contributed by atoms with Crippen molar-refractivity contribution in [2.75, 3.05) is 5.32 Å². The van der Waals surface area contributed by atoms with Crippen molar-refractivity contribution in [2.45, 2.75) is 59.5 Å². The average Bonchev–Trinajstić information content (AvgIpc) is 2.49. The zero-order chi connectivity index (χ0) is 17.0. The van der Waals surface area contributed by atoms with Crippen molar-refractivity contribution in [3.05, 3.63) is 23.8 Å². The molecule has 1 aliphatic carbocycles. The molecule has 0 aromatic heterocycles. The van der Waals surface area contributed by atoms with Gasteiger partial charge >= 0.3 is 6.09 Å². The van der Waals surface area contributed by atoms with Crippen LogP contribution in [0.15, 0.2) is 18.2 Å². The molecule has 3 unspecified atom stereocenters. The topological polar surface area (TPSA) is 58.6 Å². The summed E-state index contributed by atoms with van der Waals surface area (Å²) in [6.07, 6.45) is 3.44. The Labute approximate surface area is 139 Å². The van der Waals surface area contributed by atoms with Crippen LogP contribution in [-0.4, -0.2) is 17.3 Å². The predicted molar refractivity (Wildman–Crippen MR) is 92.7 cm³/mol. The van der Waals surface area contributed by atoms with Gasteiger partial charge in [-0.3, -0.25) is 5.32 Å². The third-order valence-corrected chi connectivity index (χ3v) is 4.96. The van der Waals surface area contributed by atoms with Crippen LogP contribution >= 0.6 is 0 Å². The molecule has 2 N–H and O–H groups in total. The van der Waals surface area contributed by atoms with E-state index in [9.17, 15) is 9.90 Å². The number of rotatable bonds is 4. The van der Waals surface area contributed by atoms with Crippen molar-refractivity contribution in [3.63, 3.8) is 0 Å². The minimum atomic E-state index is -0.467. The highest BCUT2D eigenvalue weighted by Gasteiger charge is 2.33. The second-order valence-corrected chi connectivity index (χ2v) is 7.06. The van der Waals surface area contributed by atoms with Gasteiger partial charge in [-0.1, -0.05) is 46.2 Å². The highest BCUT2D eigenvalue weighted by molar-refractivity contribution is 5.88. The van der Waals surface area contributed by atoms with E-state index >= 15 is 0 Å². The summed E-state index contributed by atoms with van der Waals surface area (Å²) in [6.45, 7) is 8.58. The van der Waals surface area contributed by atoms with E-state index in [-0.39, 0.29) is 11.9 Å². The number of ether oxygens (including phenoxy) is 1. The van der Waals surface area contributed by atoms with E-state index in [1.807, 2.05) is 13.0 Å². The molecule has 0 radical (unpaired) electrons. The van der Waals surface area contributed by atoms with E-state index in [4.69, 9.17) is 4.74 Å². The van der Waals surface area contributed by atoms with Gasteiger partial charge in [0.15, 0.2) is 0 Å². The lowest BCUT2D eigenvalue weighted by Gasteiger charge is -2.36. The molecule has 0 saturated heterocycles. The first-order valence-corrected chi connectivity index (χ1v) is 8.70. The van der Waals surface area contributed by atoms with Crippen molar-refractivity contribution in [1.82, 2.24) is 0 Å². The van der Waals surface area contributed by atoms with Crippen molar-refractivity contribution in [3.8, 4) is 5.75 Å². The largest absolute Gasteiger partial charge is 0.506 e. The lowest BCUT2D eigenvalue weighted by molar-refractivity contribution is 0.0126. The average molecular weight is 319 g/mol. The van der Waals surface area contributed by atoms with Crippen LogP contribution in [-0.2, 0) is 11.2 Å². The fraction of sp³-hybridized carbons (Fsp3) is 0.632. The van der Waals surface area contributed by atoms with Gasteiger partial charge in [0, 0.05) is 0 Å². The van der Waals surface area contributed by atoms with Crippen LogP contribution in [0.5, 0.6) is 5.75 Å². The number of hydrogen-bond acceptors (Lipinski definition) is 3. The summed E-state index contributed by atoms with van der Waals surface area (Å²) in [5.74, 6) is 1.57. The molecular formula is C19H29NO3. The van der Waals surface area contributed by atoms with Crippen LogP contribution in [0.3, 0.4) is 0 Å². The van der Waals surface area contributed by atoms with Gasteiger partial charge in [-0.25, -0.2) is 4.79 Å². The minimum Gasteiger partial charge on any atom is -0.506 e. The molecule has 3 atom stereocenters. The molecule has 1 aromatic rings. The van der Waals surface area contributed by atoms with Gasteiger partial charge in [0.05, 0.1) is 5.69 Å². The Morgan fingerprint density at radius 2 is 2.13 bits per heavy atom. The predicted octanol–water partition coefficient (Wildman–Crippen LogP) is 4.96. The Kier molecular flexibility index (Phi) is 5.91. The molecule has 1 aromatic carbocycles. The van der Waals surface area contributed by atoms with Gasteiger partial charge in [-0.2, -0.15) is 0 Å². The molecule has 2 rings (SSSR count). The first kappa shape index (κ1) is 17.6. The maximum atomic E-state index is 12.3. The normalized spacial score (nSPS) is 24.5. The molecule has 1 amide bonds. The summed E-state index contributed by atoms with van der Waals surface area (Å²) in [5.41, 5.74) is 1.37. The second-order valence-electron chi connectivity index (χ2n) is 7.06. The van der Waals surface area contributed by atoms with Crippen LogP contribution in [0.4, 0.5) is 10.5 Å². The number of carbonyl (C=O) groups is 1. The smallest absolute Gasteiger partial charge is 0.412 e. The van der Waals surface area contributed by atoms with Crippen molar-refractivity contribution in [2.24, 2.45) is 17.8 Å². The van der Waals surface area contributed by atoms with E-state index in [1.54, 1.807) is 12.1 Å². The van der Waals surface area contributed by atoms with Gasteiger partial charge in [0.25, 0.3) is 0 Å².